The molecule has 0 unspecified atom stereocenters. The third-order valence-corrected chi connectivity index (χ3v) is 3.09. The number of hydrogen-bond acceptors (Lipinski definition) is 6. The van der Waals surface area contributed by atoms with Crippen LogP contribution in [0, 0.1) is 6.92 Å². The highest BCUT2D eigenvalue weighted by Crippen LogP contribution is 2.15. The SMILES string of the molecule is CC1=NN(OCN)C(=O)C1=CC=Cc1c(C)[nH]n(C(N)=O)c1=O. The minimum atomic E-state index is -0.903. The molecule has 10 heteroatoms. The first-order valence-electron chi connectivity index (χ1n) is 6.59. The second-order valence-electron chi connectivity index (χ2n) is 4.63. The largest absolute Gasteiger partial charge is 0.350 e. The average Bonchev–Trinajstić information content (AvgIpc) is 2.91. The van der Waals surface area contributed by atoms with Gasteiger partial charge >= 0.3 is 11.9 Å². The van der Waals surface area contributed by atoms with E-state index >= 15 is 0 Å². The fourth-order valence-electron chi connectivity index (χ4n) is 1.99. The van der Waals surface area contributed by atoms with Gasteiger partial charge in [-0.15, -0.1) is 5.10 Å². The quantitative estimate of drug-likeness (QED) is 0.501. The van der Waals surface area contributed by atoms with E-state index in [1.165, 1.54) is 18.2 Å². The van der Waals surface area contributed by atoms with E-state index in [4.69, 9.17) is 16.3 Å². The van der Waals surface area contributed by atoms with Crippen LogP contribution in [0.15, 0.2) is 27.6 Å². The number of aromatic nitrogens is 2. The lowest BCUT2D eigenvalue weighted by Crippen LogP contribution is -2.30. The summed E-state index contributed by atoms with van der Waals surface area (Å²) >= 11 is 0. The van der Waals surface area contributed by atoms with Gasteiger partial charge in [0.15, 0.2) is 0 Å². The highest BCUT2D eigenvalue weighted by Gasteiger charge is 2.27. The second kappa shape index (κ2) is 6.42. The average molecular weight is 320 g/mol. The molecule has 0 bridgehead atoms. The van der Waals surface area contributed by atoms with E-state index in [0.717, 1.165) is 5.17 Å². The van der Waals surface area contributed by atoms with Gasteiger partial charge in [0.2, 0.25) is 0 Å². The lowest BCUT2D eigenvalue weighted by molar-refractivity contribution is -0.178. The number of hydrazone groups is 1. The van der Waals surface area contributed by atoms with Crippen LogP contribution < -0.4 is 17.0 Å². The van der Waals surface area contributed by atoms with Crippen LogP contribution in [-0.2, 0) is 9.63 Å². The van der Waals surface area contributed by atoms with Crippen molar-refractivity contribution in [1.82, 2.24) is 15.0 Å². The van der Waals surface area contributed by atoms with Gasteiger partial charge in [0.1, 0.15) is 6.73 Å². The first-order chi connectivity index (χ1) is 10.9. The van der Waals surface area contributed by atoms with Crippen LogP contribution in [0.1, 0.15) is 18.2 Å². The first-order valence-corrected chi connectivity index (χ1v) is 6.59. The standard InChI is InChI=1S/C13H16N6O4/c1-7-9(11(20)18(16-7)13(15)22)4-3-5-10-8(2)17-19(12(10)21)23-6-14/h3-5,16H,6,14H2,1-2H3,(H2,15,22). The van der Waals surface area contributed by atoms with Crippen LogP contribution in [-0.4, -0.2) is 39.3 Å². The van der Waals surface area contributed by atoms with Gasteiger partial charge in [0.25, 0.3) is 5.56 Å². The summed E-state index contributed by atoms with van der Waals surface area (Å²) < 4.78 is 0.701. The molecular formula is C13H16N6O4. The van der Waals surface area contributed by atoms with E-state index in [0.29, 0.717) is 21.7 Å². The van der Waals surface area contributed by atoms with Gasteiger partial charge in [0.05, 0.1) is 16.8 Å². The molecule has 1 aliphatic rings. The number of H-pyrrole nitrogens is 1. The maximum absolute atomic E-state index is 12.0. The third-order valence-electron chi connectivity index (χ3n) is 3.09. The molecule has 2 rings (SSSR count). The van der Waals surface area contributed by atoms with Gasteiger partial charge in [-0.05, 0) is 26.0 Å². The van der Waals surface area contributed by atoms with Crippen molar-refractivity contribution in [2.24, 2.45) is 16.6 Å². The Morgan fingerprint density at radius 1 is 1.39 bits per heavy atom. The van der Waals surface area contributed by atoms with Gasteiger partial charge in [0, 0.05) is 5.69 Å². The molecule has 0 aromatic carbocycles. The van der Waals surface area contributed by atoms with E-state index in [2.05, 4.69) is 10.2 Å². The van der Waals surface area contributed by atoms with Crippen molar-refractivity contribution in [3.63, 3.8) is 0 Å². The molecule has 1 aromatic rings. The van der Waals surface area contributed by atoms with Crippen molar-refractivity contribution in [2.75, 3.05) is 6.73 Å². The molecule has 0 fully saturated rings. The zero-order valence-corrected chi connectivity index (χ0v) is 12.6. The van der Waals surface area contributed by atoms with Gasteiger partial charge in [-0.1, -0.05) is 11.2 Å². The van der Waals surface area contributed by atoms with Crippen molar-refractivity contribution in [3.8, 4) is 0 Å². The number of carbonyl (C=O) groups excluding carboxylic acids is 2. The van der Waals surface area contributed by atoms with Crippen molar-refractivity contribution < 1.29 is 14.4 Å². The number of primary amides is 1. The van der Waals surface area contributed by atoms with Crippen LogP contribution in [0.5, 0.6) is 0 Å². The Labute approximate surface area is 130 Å². The Morgan fingerprint density at radius 2 is 2.09 bits per heavy atom. The monoisotopic (exact) mass is 320 g/mol. The molecule has 23 heavy (non-hydrogen) atoms. The van der Waals surface area contributed by atoms with Crippen LogP contribution in [0.2, 0.25) is 0 Å². The number of carbonyl (C=O) groups is 2. The lowest BCUT2D eigenvalue weighted by Gasteiger charge is -2.07. The Balaban J connectivity index is 2.26. The number of rotatable bonds is 4. The van der Waals surface area contributed by atoms with E-state index in [1.54, 1.807) is 13.8 Å². The fourth-order valence-corrected chi connectivity index (χ4v) is 1.99. The molecule has 0 aliphatic carbocycles. The maximum atomic E-state index is 12.0. The van der Waals surface area contributed by atoms with Crippen LogP contribution in [0.3, 0.4) is 0 Å². The van der Waals surface area contributed by atoms with Gasteiger partial charge in [-0.3, -0.25) is 14.7 Å². The van der Waals surface area contributed by atoms with Crippen LogP contribution in [0.4, 0.5) is 4.79 Å². The first kappa shape index (κ1) is 16.4. The predicted molar refractivity (Wildman–Crippen MR) is 82.0 cm³/mol. The molecule has 0 saturated carbocycles. The Kier molecular flexibility index (Phi) is 4.57. The number of aromatic amines is 1. The van der Waals surface area contributed by atoms with Gasteiger partial charge in [-0.25, -0.2) is 9.63 Å². The number of nitrogens with zero attached hydrogens (tertiary/aromatic N) is 3. The molecule has 10 nitrogen and oxygen atoms in total. The minimum absolute atomic E-state index is 0.180. The number of nitrogens with one attached hydrogen (secondary N) is 1. The van der Waals surface area contributed by atoms with E-state index < -0.39 is 17.5 Å². The number of aryl methyl sites for hydroxylation is 1. The number of amides is 2. The smallest absolute Gasteiger partial charge is 0.341 e. The molecule has 122 valence electrons. The summed E-state index contributed by atoms with van der Waals surface area (Å²) in [6.07, 6.45) is 4.45. The third kappa shape index (κ3) is 3.12. The molecule has 0 spiro atoms. The normalized spacial score (nSPS) is 16.7. The summed E-state index contributed by atoms with van der Waals surface area (Å²) in [4.78, 5) is 39.9. The minimum Gasteiger partial charge on any atom is -0.350 e. The Hall–Kier alpha value is -2.98. The molecule has 0 atom stereocenters. The molecular weight excluding hydrogens is 304 g/mol. The molecule has 0 saturated heterocycles. The zero-order valence-electron chi connectivity index (χ0n) is 12.6. The van der Waals surface area contributed by atoms with Crippen LogP contribution >= 0.6 is 0 Å². The van der Waals surface area contributed by atoms with Gasteiger partial charge in [-0.2, -0.15) is 4.68 Å². The fraction of sp³-hybridized carbons (Fsp3) is 0.231. The van der Waals surface area contributed by atoms with E-state index in [9.17, 15) is 14.4 Å². The molecule has 0 radical (unpaired) electrons. The number of hydroxylamine groups is 1. The topological polar surface area (TPSA) is 149 Å². The lowest BCUT2D eigenvalue weighted by atomic mass is 10.1. The number of hydrogen-bond donors (Lipinski definition) is 3. The molecule has 1 aromatic heterocycles. The summed E-state index contributed by atoms with van der Waals surface area (Å²) in [6.45, 7) is 3.08. The summed E-state index contributed by atoms with van der Waals surface area (Å²) in [5, 5.41) is 7.25. The van der Waals surface area contributed by atoms with Gasteiger partial charge < -0.3 is 11.5 Å². The van der Waals surface area contributed by atoms with E-state index in [1.807, 2.05) is 0 Å². The highest BCUT2D eigenvalue weighted by atomic mass is 16.7. The van der Waals surface area contributed by atoms with E-state index in [-0.39, 0.29) is 12.3 Å². The molecule has 1 aliphatic heterocycles. The second-order valence-corrected chi connectivity index (χ2v) is 4.63. The molecule has 2 amide bonds. The summed E-state index contributed by atoms with van der Waals surface area (Å²) in [5.41, 5.74) is 11.2. The maximum Gasteiger partial charge on any atom is 0.341 e. The zero-order chi connectivity index (χ0) is 17.1. The molecule has 5 N–H and O–H groups in total. The van der Waals surface area contributed by atoms with Crippen molar-refractivity contribution in [2.45, 2.75) is 13.8 Å². The summed E-state index contributed by atoms with van der Waals surface area (Å²) in [6, 6.07) is -0.903. The Bertz CT molecular complexity index is 798. The van der Waals surface area contributed by atoms with Crippen molar-refractivity contribution >= 4 is 23.7 Å². The number of nitrogens with two attached hydrogens (primary N) is 2. The molecule has 2 heterocycles. The summed E-state index contributed by atoms with van der Waals surface area (Å²) in [5.74, 6) is -0.460. The van der Waals surface area contributed by atoms with Crippen molar-refractivity contribution in [1.29, 1.82) is 0 Å². The number of allylic oxidation sites excluding steroid dienone is 2. The predicted octanol–water partition coefficient (Wildman–Crippen LogP) is -0.583. The Morgan fingerprint density at radius 3 is 2.65 bits per heavy atom. The summed E-state index contributed by atoms with van der Waals surface area (Å²) in [7, 11) is 0. The van der Waals surface area contributed by atoms with Crippen LogP contribution in [0.25, 0.3) is 6.08 Å². The van der Waals surface area contributed by atoms with Crippen molar-refractivity contribution in [3.05, 3.63) is 39.3 Å². The highest BCUT2D eigenvalue weighted by molar-refractivity contribution is 6.23.